The van der Waals surface area contributed by atoms with Gasteiger partial charge in [-0.15, -0.1) is 0 Å². The number of hydrogen-bond donors (Lipinski definition) is 1. The molecule has 34 heavy (non-hydrogen) atoms. The Kier molecular flexibility index (Phi) is 9.90. The zero-order chi connectivity index (χ0) is 24.2. The van der Waals surface area contributed by atoms with Crippen LogP contribution in [0.5, 0.6) is 5.75 Å². The lowest BCUT2D eigenvalue weighted by Gasteiger charge is -2.12. The fourth-order valence-electron chi connectivity index (χ4n) is 4.01. The Labute approximate surface area is 203 Å². The van der Waals surface area contributed by atoms with Crippen LogP contribution in [0.2, 0.25) is 0 Å². The molecule has 1 aromatic heterocycles. The minimum atomic E-state index is -0.0504. The number of nitrogens with zero attached hydrogens (tertiary/aromatic N) is 1. The zero-order valence-corrected chi connectivity index (χ0v) is 20.6. The van der Waals surface area contributed by atoms with Gasteiger partial charge >= 0.3 is 0 Å². The van der Waals surface area contributed by atoms with Crippen LogP contribution in [-0.2, 0) is 11.2 Å². The van der Waals surface area contributed by atoms with Crippen molar-refractivity contribution in [2.24, 2.45) is 0 Å². The number of fused-ring (bicyclic) bond motifs is 1. The number of aromatic nitrogens is 1. The van der Waals surface area contributed by atoms with E-state index in [0.29, 0.717) is 0 Å². The SMILES string of the molecule is CCCCC(=CC=CC(=O)N[C@H](C)CCCc1cccnc1)c1ccc2cc(OC)ccc2c1. The van der Waals surface area contributed by atoms with Crippen LogP contribution < -0.4 is 10.1 Å². The van der Waals surface area contributed by atoms with Crippen LogP contribution in [0.15, 0.2) is 79.2 Å². The van der Waals surface area contributed by atoms with Crippen LogP contribution >= 0.6 is 0 Å². The molecule has 4 nitrogen and oxygen atoms in total. The highest BCUT2D eigenvalue weighted by Crippen LogP contribution is 2.27. The van der Waals surface area contributed by atoms with Crippen molar-refractivity contribution >= 4 is 22.3 Å². The van der Waals surface area contributed by atoms with E-state index in [-0.39, 0.29) is 11.9 Å². The lowest BCUT2D eigenvalue weighted by Crippen LogP contribution is -2.31. The van der Waals surface area contributed by atoms with Crippen LogP contribution in [0.1, 0.15) is 57.1 Å². The highest BCUT2D eigenvalue weighted by Gasteiger charge is 2.06. The molecule has 0 aliphatic rings. The van der Waals surface area contributed by atoms with Gasteiger partial charge in [-0.25, -0.2) is 0 Å². The number of benzene rings is 2. The smallest absolute Gasteiger partial charge is 0.244 e. The lowest BCUT2D eigenvalue weighted by molar-refractivity contribution is -0.117. The minimum Gasteiger partial charge on any atom is -0.497 e. The first-order valence-corrected chi connectivity index (χ1v) is 12.2. The van der Waals surface area contributed by atoms with Crippen LogP contribution in [0.4, 0.5) is 0 Å². The minimum absolute atomic E-state index is 0.0504. The summed E-state index contributed by atoms with van der Waals surface area (Å²) in [5, 5.41) is 5.42. The largest absolute Gasteiger partial charge is 0.497 e. The van der Waals surface area contributed by atoms with Crippen molar-refractivity contribution in [1.29, 1.82) is 0 Å². The Morgan fingerprint density at radius 3 is 2.71 bits per heavy atom. The Balaban J connectivity index is 1.59. The van der Waals surface area contributed by atoms with E-state index >= 15 is 0 Å². The van der Waals surface area contributed by atoms with Crippen molar-refractivity contribution in [3.63, 3.8) is 0 Å². The van der Waals surface area contributed by atoms with Gasteiger partial charge < -0.3 is 10.1 Å². The number of aryl methyl sites for hydroxylation is 1. The van der Waals surface area contributed by atoms with Crippen molar-refractivity contribution in [2.75, 3.05) is 7.11 Å². The molecule has 3 rings (SSSR count). The van der Waals surface area contributed by atoms with Crippen LogP contribution in [0.25, 0.3) is 16.3 Å². The van der Waals surface area contributed by atoms with Gasteiger partial charge in [-0.1, -0.05) is 49.8 Å². The summed E-state index contributed by atoms with van der Waals surface area (Å²) in [6, 6.07) is 16.8. The van der Waals surface area contributed by atoms with Gasteiger partial charge in [-0.2, -0.15) is 0 Å². The second-order valence-corrected chi connectivity index (χ2v) is 8.75. The number of amides is 1. The summed E-state index contributed by atoms with van der Waals surface area (Å²) in [7, 11) is 1.69. The monoisotopic (exact) mass is 456 g/mol. The Morgan fingerprint density at radius 2 is 1.94 bits per heavy atom. The first-order valence-electron chi connectivity index (χ1n) is 12.2. The predicted molar refractivity (Wildman–Crippen MR) is 142 cm³/mol. The van der Waals surface area contributed by atoms with E-state index < -0.39 is 0 Å². The van der Waals surface area contributed by atoms with Crippen molar-refractivity contribution in [3.8, 4) is 5.75 Å². The van der Waals surface area contributed by atoms with E-state index in [1.165, 1.54) is 22.1 Å². The average Bonchev–Trinajstić information content (AvgIpc) is 2.86. The predicted octanol–water partition coefficient (Wildman–Crippen LogP) is 6.90. The fourth-order valence-corrected chi connectivity index (χ4v) is 4.01. The third kappa shape index (κ3) is 7.87. The van der Waals surface area contributed by atoms with Gasteiger partial charge in [0, 0.05) is 24.5 Å². The standard InChI is InChI=1S/C30H36N2O2/c1-4-5-12-25(26-15-16-28-21-29(34-3)18-17-27(28)20-26)13-7-14-30(33)32-23(2)9-6-10-24-11-8-19-31-22-24/h7-8,11,13-23H,4-6,9-10,12H2,1-3H3,(H,32,33)/t23-/m1/s1. The number of carbonyl (C=O) groups is 1. The molecule has 1 N–H and O–H groups in total. The van der Waals surface area contributed by atoms with Gasteiger partial charge in [0.15, 0.2) is 0 Å². The zero-order valence-electron chi connectivity index (χ0n) is 20.6. The molecule has 0 bridgehead atoms. The summed E-state index contributed by atoms with van der Waals surface area (Å²) in [6.45, 7) is 4.25. The first-order chi connectivity index (χ1) is 16.6. The lowest BCUT2D eigenvalue weighted by atomic mass is 9.97. The van der Waals surface area contributed by atoms with E-state index in [0.717, 1.165) is 49.7 Å². The Hall–Kier alpha value is -3.40. The van der Waals surface area contributed by atoms with Crippen LogP contribution in [0.3, 0.4) is 0 Å². The Morgan fingerprint density at radius 1 is 1.12 bits per heavy atom. The molecule has 0 radical (unpaired) electrons. The third-order valence-corrected chi connectivity index (χ3v) is 5.98. The molecule has 1 amide bonds. The summed E-state index contributed by atoms with van der Waals surface area (Å²) in [4.78, 5) is 16.6. The van der Waals surface area contributed by atoms with Gasteiger partial charge in [0.1, 0.15) is 5.75 Å². The molecule has 178 valence electrons. The highest BCUT2D eigenvalue weighted by molar-refractivity contribution is 5.89. The number of rotatable bonds is 12. The van der Waals surface area contributed by atoms with Crippen molar-refractivity contribution < 1.29 is 9.53 Å². The van der Waals surface area contributed by atoms with E-state index in [1.807, 2.05) is 24.4 Å². The number of methoxy groups -OCH3 is 1. The molecule has 0 spiro atoms. The topological polar surface area (TPSA) is 51.2 Å². The second kappa shape index (κ2) is 13.3. The molecule has 1 heterocycles. The Bertz CT molecular complexity index is 1120. The second-order valence-electron chi connectivity index (χ2n) is 8.75. The molecule has 0 unspecified atom stereocenters. The number of hydrogen-bond acceptors (Lipinski definition) is 3. The maximum atomic E-state index is 12.4. The molecule has 2 aromatic carbocycles. The third-order valence-electron chi connectivity index (χ3n) is 5.98. The van der Waals surface area contributed by atoms with Crippen molar-refractivity contribution in [3.05, 3.63) is 90.3 Å². The van der Waals surface area contributed by atoms with E-state index in [2.05, 4.69) is 66.6 Å². The fraction of sp³-hybridized carbons (Fsp3) is 0.333. The molecule has 1 atom stereocenters. The summed E-state index contributed by atoms with van der Waals surface area (Å²) in [5.74, 6) is 0.813. The number of carbonyl (C=O) groups excluding carboxylic acids is 1. The molecular weight excluding hydrogens is 420 g/mol. The summed E-state index contributed by atoms with van der Waals surface area (Å²) in [6.07, 6.45) is 15.4. The highest BCUT2D eigenvalue weighted by atomic mass is 16.5. The normalized spacial score (nSPS) is 12.7. The van der Waals surface area contributed by atoms with Crippen molar-refractivity contribution in [2.45, 2.75) is 58.4 Å². The molecule has 0 saturated carbocycles. The van der Waals surface area contributed by atoms with Crippen LogP contribution in [-0.4, -0.2) is 24.0 Å². The number of ether oxygens (including phenoxy) is 1. The number of nitrogens with one attached hydrogen (secondary N) is 1. The van der Waals surface area contributed by atoms with E-state index in [4.69, 9.17) is 4.74 Å². The van der Waals surface area contributed by atoms with Gasteiger partial charge in [0.05, 0.1) is 7.11 Å². The average molecular weight is 457 g/mol. The molecule has 0 aliphatic carbocycles. The maximum Gasteiger partial charge on any atom is 0.244 e. The molecule has 4 heteroatoms. The molecule has 3 aromatic rings. The quantitative estimate of drug-likeness (QED) is 0.238. The summed E-state index contributed by atoms with van der Waals surface area (Å²) >= 11 is 0. The van der Waals surface area contributed by atoms with Gasteiger partial charge in [-0.3, -0.25) is 9.78 Å². The van der Waals surface area contributed by atoms with E-state index in [9.17, 15) is 4.79 Å². The van der Waals surface area contributed by atoms with Crippen LogP contribution in [0, 0.1) is 0 Å². The molecule has 0 aliphatic heterocycles. The number of allylic oxidation sites excluding steroid dienone is 3. The molecular formula is C30H36N2O2. The van der Waals surface area contributed by atoms with Gasteiger partial charge in [0.2, 0.25) is 5.91 Å². The summed E-state index contributed by atoms with van der Waals surface area (Å²) in [5.41, 5.74) is 3.67. The maximum absolute atomic E-state index is 12.4. The molecule has 0 fully saturated rings. The number of unbranched alkanes of at least 4 members (excludes halogenated alkanes) is 1. The van der Waals surface area contributed by atoms with Gasteiger partial charge in [0.25, 0.3) is 0 Å². The molecule has 0 saturated heterocycles. The number of pyridine rings is 1. The summed E-state index contributed by atoms with van der Waals surface area (Å²) < 4.78 is 5.34. The first kappa shape index (κ1) is 25.2. The van der Waals surface area contributed by atoms with E-state index in [1.54, 1.807) is 19.4 Å². The van der Waals surface area contributed by atoms with Crippen molar-refractivity contribution in [1.82, 2.24) is 10.3 Å². The van der Waals surface area contributed by atoms with Gasteiger partial charge in [-0.05, 0) is 90.8 Å².